The number of alkyl halides is 3. The van der Waals surface area contributed by atoms with Crippen LogP contribution in [0.2, 0.25) is 0 Å². The smallest absolute Gasteiger partial charge is 0.416 e. The van der Waals surface area contributed by atoms with Crippen LogP contribution in [0, 0.1) is 5.82 Å². The lowest BCUT2D eigenvalue weighted by Gasteiger charge is -2.22. The highest BCUT2D eigenvalue weighted by molar-refractivity contribution is 5.92. The number of hydrogen-bond acceptors (Lipinski definition) is 3. The summed E-state index contributed by atoms with van der Waals surface area (Å²) in [4.78, 5) is 26.7. The first-order chi connectivity index (χ1) is 16.6. The van der Waals surface area contributed by atoms with E-state index >= 15 is 0 Å². The van der Waals surface area contributed by atoms with Crippen LogP contribution in [0.1, 0.15) is 29.2 Å². The van der Waals surface area contributed by atoms with Crippen molar-refractivity contribution in [2.45, 2.75) is 38.7 Å². The Morgan fingerprint density at radius 1 is 1.06 bits per heavy atom. The number of fused-ring (bicyclic) bond motifs is 1. The van der Waals surface area contributed by atoms with E-state index in [-0.39, 0.29) is 31.3 Å². The molecule has 1 atom stereocenters. The van der Waals surface area contributed by atoms with Gasteiger partial charge in [-0.15, -0.1) is 0 Å². The summed E-state index contributed by atoms with van der Waals surface area (Å²) < 4.78 is 58.1. The second-order valence-electron chi connectivity index (χ2n) is 8.33. The topological polar surface area (TPSA) is 58.6 Å². The molecule has 0 radical (unpaired) electrons. The molecule has 0 aromatic heterocycles. The van der Waals surface area contributed by atoms with Crippen LogP contribution < -0.4 is 10.1 Å². The van der Waals surface area contributed by atoms with Gasteiger partial charge in [0.05, 0.1) is 12.0 Å². The van der Waals surface area contributed by atoms with Gasteiger partial charge in [-0.25, -0.2) is 4.39 Å². The molecule has 0 spiro atoms. The lowest BCUT2D eigenvalue weighted by atomic mass is 10.1. The highest BCUT2D eigenvalue weighted by Crippen LogP contribution is 2.32. The zero-order valence-corrected chi connectivity index (χ0v) is 18.7. The van der Waals surface area contributed by atoms with Gasteiger partial charge in [0.1, 0.15) is 11.6 Å². The minimum atomic E-state index is -4.48. The van der Waals surface area contributed by atoms with Crippen molar-refractivity contribution < 1.29 is 31.9 Å². The Morgan fingerprint density at radius 2 is 1.80 bits per heavy atom. The number of benzene rings is 3. The third-order valence-corrected chi connectivity index (χ3v) is 5.57. The van der Waals surface area contributed by atoms with Gasteiger partial charge in [-0.2, -0.15) is 13.2 Å². The van der Waals surface area contributed by atoms with Crippen LogP contribution in [-0.2, 0) is 35.3 Å². The molecule has 1 N–H and O–H groups in total. The van der Waals surface area contributed by atoms with E-state index in [2.05, 4.69) is 5.32 Å². The van der Waals surface area contributed by atoms with E-state index in [1.807, 2.05) is 0 Å². The zero-order chi connectivity index (χ0) is 25.2. The SMILES string of the molecule is C[C@H]1Oc2ccc(NC(=O)Cc3ccc(F)cc3)cc2CN(Cc2cccc(C(F)(F)F)c2)C1=O. The molecule has 1 aliphatic heterocycles. The van der Waals surface area contributed by atoms with Gasteiger partial charge in [-0.3, -0.25) is 9.59 Å². The van der Waals surface area contributed by atoms with Gasteiger partial charge in [0.25, 0.3) is 5.91 Å². The Hall–Kier alpha value is -3.88. The Bertz CT molecular complexity index is 1240. The van der Waals surface area contributed by atoms with E-state index in [0.717, 1.165) is 12.1 Å². The highest BCUT2D eigenvalue weighted by Gasteiger charge is 2.32. The van der Waals surface area contributed by atoms with Gasteiger partial charge < -0.3 is 15.0 Å². The van der Waals surface area contributed by atoms with Crippen molar-refractivity contribution in [1.82, 2.24) is 4.90 Å². The third kappa shape index (κ3) is 5.98. The molecule has 1 heterocycles. The van der Waals surface area contributed by atoms with Crippen molar-refractivity contribution in [2.75, 3.05) is 5.32 Å². The summed E-state index contributed by atoms with van der Waals surface area (Å²) in [7, 11) is 0. The quantitative estimate of drug-likeness (QED) is 0.496. The van der Waals surface area contributed by atoms with E-state index < -0.39 is 23.7 Å². The number of ether oxygens (including phenoxy) is 1. The molecule has 0 unspecified atom stereocenters. The Kier molecular flexibility index (Phi) is 6.77. The molecule has 35 heavy (non-hydrogen) atoms. The summed E-state index contributed by atoms with van der Waals surface area (Å²) in [5.41, 5.74) is 1.28. The van der Waals surface area contributed by atoms with Crippen LogP contribution in [0.25, 0.3) is 0 Å². The number of nitrogens with zero attached hydrogens (tertiary/aromatic N) is 1. The molecular weight excluding hydrogens is 464 g/mol. The van der Waals surface area contributed by atoms with E-state index in [4.69, 9.17) is 4.74 Å². The normalized spacial score (nSPS) is 15.7. The molecule has 5 nitrogen and oxygen atoms in total. The summed E-state index contributed by atoms with van der Waals surface area (Å²) in [6.07, 6.45) is -5.27. The van der Waals surface area contributed by atoms with Crippen molar-refractivity contribution >= 4 is 17.5 Å². The van der Waals surface area contributed by atoms with Gasteiger partial charge in [-0.1, -0.05) is 24.3 Å². The molecule has 0 saturated carbocycles. The second-order valence-corrected chi connectivity index (χ2v) is 8.33. The molecule has 0 fully saturated rings. The van der Waals surface area contributed by atoms with Gasteiger partial charge in [0.2, 0.25) is 5.91 Å². The molecule has 182 valence electrons. The highest BCUT2D eigenvalue weighted by atomic mass is 19.4. The molecule has 0 bridgehead atoms. The first-order valence-corrected chi connectivity index (χ1v) is 10.9. The van der Waals surface area contributed by atoms with Crippen molar-refractivity contribution in [3.8, 4) is 5.75 Å². The summed E-state index contributed by atoms with van der Waals surface area (Å²) in [5.74, 6) is -0.607. The average Bonchev–Trinajstić information content (AvgIpc) is 2.91. The fraction of sp³-hybridized carbons (Fsp3) is 0.231. The first kappa shape index (κ1) is 24.3. The Balaban J connectivity index is 1.51. The van der Waals surface area contributed by atoms with Gasteiger partial charge in [-0.05, 0) is 60.5 Å². The first-order valence-electron chi connectivity index (χ1n) is 10.9. The molecule has 0 aliphatic carbocycles. The number of amides is 2. The molecule has 1 aliphatic rings. The van der Waals surface area contributed by atoms with Crippen LogP contribution >= 0.6 is 0 Å². The summed E-state index contributed by atoms with van der Waals surface area (Å²) in [6, 6.07) is 15.4. The van der Waals surface area contributed by atoms with Crippen molar-refractivity contribution in [1.29, 1.82) is 0 Å². The van der Waals surface area contributed by atoms with E-state index in [1.165, 1.54) is 41.3 Å². The monoisotopic (exact) mass is 486 g/mol. The fourth-order valence-corrected chi connectivity index (χ4v) is 3.87. The molecular formula is C26H22F4N2O3. The maximum Gasteiger partial charge on any atom is 0.416 e. The minimum Gasteiger partial charge on any atom is -0.481 e. The molecule has 3 aromatic rings. The standard InChI is InChI=1S/C26H22F4N2O3/c1-16-25(34)32(14-18-3-2-4-20(11-18)26(28,29)30)15-19-13-22(9-10-23(19)35-16)31-24(33)12-17-5-7-21(27)8-6-17/h2-11,13,16H,12,14-15H2,1H3,(H,31,33)/t16-/m1/s1. The average molecular weight is 486 g/mol. The minimum absolute atomic E-state index is 0.0307. The van der Waals surface area contributed by atoms with E-state index in [9.17, 15) is 27.2 Å². The molecule has 4 rings (SSSR count). The molecule has 2 amide bonds. The summed E-state index contributed by atoms with van der Waals surface area (Å²) >= 11 is 0. The number of hydrogen-bond donors (Lipinski definition) is 1. The molecule has 0 saturated heterocycles. The van der Waals surface area contributed by atoms with E-state index in [0.29, 0.717) is 28.1 Å². The summed E-state index contributed by atoms with van der Waals surface area (Å²) in [6.45, 7) is 1.64. The van der Waals surface area contributed by atoms with Crippen LogP contribution in [-0.4, -0.2) is 22.8 Å². The summed E-state index contributed by atoms with van der Waals surface area (Å²) in [5, 5.41) is 2.77. The van der Waals surface area contributed by atoms with Crippen LogP contribution in [0.3, 0.4) is 0 Å². The number of carbonyl (C=O) groups excluding carboxylic acids is 2. The van der Waals surface area contributed by atoms with Crippen LogP contribution in [0.15, 0.2) is 66.7 Å². The number of carbonyl (C=O) groups is 2. The second kappa shape index (κ2) is 9.77. The van der Waals surface area contributed by atoms with Gasteiger partial charge >= 0.3 is 6.18 Å². The van der Waals surface area contributed by atoms with Crippen molar-refractivity contribution in [3.63, 3.8) is 0 Å². The molecule has 9 heteroatoms. The third-order valence-electron chi connectivity index (χ3n) is 5.57. The van der Waals surface area contributed by atoms with Gasteiger partial charge in [0.15, 0.2) is 6.10 Å². The number of anilines is 1. The largest absolute Gasteiger partial charge is 0.481 e. The van der Waals surface area contributed by atoms with Gasteiger partial charge in [0, 0.05) is 24.3 Å². The van der Waals surface area contributed by atoms with Crippen LogP contribution in [0.5, 0.6) is 5.75 Å². The maximum absolute atomic E-state index is 13.1. The maximum atomic E-state index is 13.1. The van der Waals surface area contributed by atoms with Crippen molar-refractivity contribution in [2.24, 2.45) is 0 Å². The Morgan fingerprint density at radius 3 is 2.51 bits per heavy atom. The lowest BCUT2D eigenvalue weighted by molar-refractivity contribution is -0.138. The van der Waals surface area contributed by atoms with E-state index in [1.54, 1.807) is 25.1 Å². The Labute approximate surface area is 199 Å². The number of rotatable bonds is 5. The predicted molar refractivity (Wildman–Crippen MR) is 121 cm³/mol. The fourth-order valence-electron chi connectivity index (χ4n) is 3.87. The zero-order valence-electron chi connectivity index (χ0n) is 18.7. The van der Waals surface area contributed by atoms with Crippen LogP contribution in [0.4, 0.5) is 23.2 Å². The lowest BCUT2D eigenvalue weighted by Crippen LogP contribution is -2.37. The number of halogens is 4. The molecule has 3 aromatic carbocycles. The predicted octanol–water partition coefficient (Wildman–Crippen LogP) is 5.34. The number of nitrogens with one attached hydrogen (secondary N) is 1. The van der Waals surface area contributed by atoms with Crippen molar-refractivity contribution in [3.05, 3.63) is 94.8 Å².